The molecule has 0 radical (unpaired) electrons. The number of carbonyl (C=O) groups excluding carboxylic acids is 2. The minimum atomic E-state index is -0.268. The maximum atomic E-state index is 13.0. The molecule has 6 nitrogen and oxygen atoms in total. The summed E-state index contributed by atoms with van der Waals surface area (Å²) in [6, 6.07) is 7.83. The van der Waals surface area contributed by atoms with Gasteiger partial charge in [0.2, 0.25) is 5.95 Å². The van der Waals surface area contributed by atoms with Crippen LogP contribution in [-0.2, 0) is 12.0 Å². The van der Waals surface area contributed by atoms with E-state index in [0.29, 0.717) is 23.6 Å². The Morgan fingerprint density at radius 1 is 1.22 bits per heavy atom. The van der Waals surface area contributed by atoms with E-state index in [1.807, 2.05) is 35.8 Å². The van der Waals surface area contributed by atoms with Crippen LogP contribution in [0.15, 0.2) is 24.3 Å². The maximum Gasteiger partial charge on any atom is 0.274 e. The average Bonchev–Trinajstić information content (AvgIpc) is 3.13. The maximum absolute atomic E-state index is 13.0. The van der Waals surface area contributed by atoms with Gasteiger partial charge in [0.15, 0.2) is 5.78 Å². The summed E-state index contributed by atoms with van der Waals surface area (Å²) in [6.45, 7) is 8.07. The fraction of sp³-hybridized carbons (Fsp3) is 0.381. The Balaban J connectivity index is 1.75. The number of imidazole rings is 1. The van der Waals surface area contributed by atoms with Crippen LogP contribution in [0.1, 0.15) is 65.7 Å². The van der Waals surface area contributed by atoms with Crippen molar-refractivity contribution in [3.63, 3.8) is 0 Å². The van der Waals surface area contributed by atoms with E-state index in [1.165, 1.54) is 0 Å². The van der Waals surface area contributed by atoms with Crippen molar-refractivity contribution in [2.24, 2.45) is 0 Å². The van der Waals surface area contributed by atoms with Crippen molar-refractivity contribution in [3.05, 3.63) is 46.8 Å². The molecule has 2 aromatic heterocycles. The second kappa shape index (κ2) is 6.08. The minimum Gasteiger partial charge on any atom is -0.354 e. The molecule has 1 aliphatic carbocycles. The van der Waals surface area contributed by atoms with Gasteiger partial charge in [0.05, 0.1) is 11.0 Å². The third-order valence-corrected chi connectivity index (χ3v) is 5.12. The largest absolute Gasteiger partial charge is 0.354 e. The molecule has 2 N–H and O–H groups in total. The molecule has 1 aliphatic rings. The summed E-state index contributed by atoms with van der Waals surface area (Å²) in [4.78, 5) is 33.0. The summed E-state index contributed by atoms with van der Waals surface area (Å²) in [7, 11) is 0. The van der Waals surface area contributed by atoms with Crippen LogP contribution in [0.3, 0.4) is 0 Å². The molecule has 0 bridgehead atoms. The molecule has 1 aromatic carbocycles. The van der Waals surface area contributed by atoms with Crippen LogP contribution >= 0.6 is 0 Å². The first kappa shape index (κ1) is 17.5. The lowest BCUT2D eigenvalue weighted by atomic mass is 9.94. The molecule has 6 heteroatoms. The molecule has 0 fully saturated rings. The summed E-state index contributed by atoms with van der Waals surface area (Å²) < 4.78 is 2.03. The molecule has 2 heterocycles. The molecule has 140 valence electrons. The van der Waals surface area contributed by atoms with Crippen molar-refractivity contribution in [2.75, 3.05) is 5.32 Å². The topological polar surface area (TPSA) is 79.8 Å². The number of nitrogens with zero attached hydrogens (tertiary/aromatic N) is 2. The number of fused-ring (bicyclic) bond motifs is 2. The normalized spacial score (nSPS) is 14.4. The van der Waals surface area contributed by atoms with Crippen LogP contribution in [0.4, 0.5) is 5.95 Å². The van der Waals surface area contributed by atoms with Crippen molar-refractivity contribution >= 4 is 28.7 Å². The van der Waals surface area contributed by atoms with Gasteiger partial charge in [-0.2, -0.15) is 0 Å². The molecule has 0 unspecified atom stereocenters. The molecule has 1 amide bonds. The van der Waals surface area contributed by atoms with Gasteiger partial charge in [0.1, 0.15) is 5.69 Å². The number of aryl methyl sites for hydroxylation is 1. The quantitative estimate of drug-likeness (QED) is 0.715. The van der Waals surface area contributed by atoms with Gasteiger partial charge < -0.3 is 9.55 Å². The Morgan fingerprint density at radius 2 is 1.96 bits per heavy atom. The third-order valence-electron chi connectivity index (χ3n) is 5.12. The van der Waals surface area contributed by atoms with Gasteiger partial charge in [-0.25, -0.2) is 4.98 Å². The highest BCUT2D eigenvalue weighted by Gasteiger charge is 2.28. The van der Waals surface area contributed by atoms with E-state index >= 15 is 0 Å². The van der Waals surface area contributed by atoms with Crippen molar-refractivity contribution < 1.29 is 9.59 Å². The number of nitrogens with one attached hydrogen (secondary N) is 2. The fourth-order valence-corrected chi connectivity index (χ4v) is 3.95. The molecule has 4 rings (SSSR count). The molecular weight excluding hydrogens is 340 g/mol. The van der Waals surface area contributed by atoms with Crippen LogP contribution in [0.25, 0.3) is 11.0 Å². The highest BCUT2D eigenvalue weighted by Crippen LogP contribution is 2.30. The van der Waals surface area contributed by atoms with E-state index in [9.17, 15) is 9.59 Å². The Labute approximate surface area is 158 Å². The van der Waals surface area contributed by atoms with Gasteiger partial charge in [0, 0.05) is 23.2 Å². The van der Waals surface area contributed by atoms with Crippen molar-refractivity contribution in [1.29, 1.82) is 0 Å². The predicted octanol–water partition coefficient (Wildman–Crippen LogP) is 4.20. The van der Waals surface area contributed by atoms with E-state index < -0.39 is 0 Å². The zero-order valence-electron chi connectivity index (χ0n) is 16.1. The number of ketones is 1. The molecule has 0 atom stereocenters. The van der Waals surface area contributed by atoms with Gasteiger partial charge in [-0.05, 0) is 58.2 Å². The van der Waals surface area contributed by atoms with Crippen molar-refractivity contribution in [1.82, 2.24) is 14.5 Å². The van der Waals surface area contributed by atoms with Gasteiger partial charge in [-0.15, -0.1) is 0 Å². The smallest absolute Gasteiger partial charge is 0.274 e. The monoisotopic (exact) mass is 364 g/mol. The number of carbonyl (C=O) groups is 2. The number of hydrogen-bond donors (Lipinski definition) is 2. The zero-order chi connectivity index (χ0) is 19.3. The molecule has 3 aromatic rings. The highest BCUT2D eigenvalue weighted by molar-refractivity contribution is 6.08. The summed E-state index contributed by atoms with van der Waals surface area (Å²) in [5.41, 5.74) is 4.29. The van der Waals surface area contributed by atoms with Crippen LogP contribution in [0.5, 0.6) is 0 Å². The van der Waals surface area contributed by atoms with Gasteiger partial charge in [-0.1, -0.05) is 12.1 Å². The number of benzene rings is 1. The van der Waals surface area contributed by atoms with Crippen molar-refractivity contribution in [2.45, 2.75) is 52.5 Å². The first-order valence-corrected chi connectivity index (χ1v) is 9.31. The van der Waals surface area contributed by atoms with Crippen LogP contribution in [0, 0.1) is 6.92 Å². The van der Waals surface area contributed by atoms with E-state index in [1.54, 1.807) is 0 Å². The summed E-state index contributed by atoms with van der Waals surface area (Å²) in [5, 5.41) is 2.96. The molecule has 0 spiro atoms. The number of para-hydroxylation sites is 2. The van der Waals surface area contributed by atoms with Gasteiger partial charge >= 0.3 is 0 Å². The lowest BCUT2D eigenvalue weighted by Crippen LogP contribution is -2.26. The fourth-order valence-electron chi connectivity index (χ4n) is 3.95. The van der Waals surface area contributed by atoms with Crippen LogP contribution in [-0.4, -0.2) is 26.2 Å². The first-order valence-electron chi connectivity index (χ1n) is 9.31. The molecule has 0 saturated carbocycles. The minimum absolute atomic E-state index is 0.117. The summed E-state index contributed by atoms with van der Waals surface area (Å²) in [5.74, 6) is 0.355. The lowest BCUT2D eigenvalue weighted by molar-refractivity contribution is 0.0971. The summed E-state index contributed by atoms with van der Waals surface area (Å²) in [6.07, 6.45) is 2.18. The zero-order valence-corrected chi connectivity index (χ0v) is 16.1. The predicted molar refractivity (Wildman–Crippen MR) is 105 cm³/mol. The number of amides is 1. The molecule has 27 heavy (non-hydrogen) atoms. The van der Waals surface area contributed by atoms with Gasteiger partial charge in [0.25, 0.3) is 5.91 Å². The number of hydrogen-bond acceptors (Lipinski definition) is 3. The Morgan fingerprint density at radius 3 is 2.67 bits per heavy atom. The second-order valence-corrected chi connectivity index (χ2v) is 8.14. The van der Waals surface area contributed by atoms with E-state index in [2.05, 4.69) is 36.1 Å². The number of aromatic amines is 1. The number of H-pyrrole nitrogens is 1. The number of anilines is 1. The van der Waals surface area contributed by atoms with E-state index in [0.717, 1.165) is 35.1 Å². The van der Waals surface area contributed by atoms with Crippen LogP contribution < -0.4 is 5.32 Å². The molecular formula is C21H24N4O2. The number of rotatable bonds is 2. The second-order valence-electron chi connectivity index (χ2n) is 8.14. The van der Waals surface area contributed by atoms with Gasteiger partial charge in [-0.3, -0.25) is 14.9 Å². The van der Waals surface area contributed by atoms with E-state index in [-0.39, 0.29) is 17.2 Å². The first-order chi connectivity index (χ1) is 12.8. The highest BCUT2D eigenvalue weighted by atomic mass is 16.2. The van der Waals surface area contributed by atoms with Crippen molar-refractivity contribution in [3.8, 4) is 0 Å². The van der Waals surface area contributed by atoms with Crippen LogP contribution in [0.2, 0.25) is 0 Å². The molecule has 0 aliphatic heterocycles. The van der Waals surface area contributed by atoms with E-state index in [4.69, 9.17) is 0 Å². The Bertz CT molecular complexity index is 1070. The molecule has 0 saturated heterocycles. The SMILES string of the molecule is Cc1c(C(=O)Nc2nc3ccccc3n2C(C)(C)C)[nH]c2c1C(=O)CCC2. The average molecular weight is 364 g/mol. The number of aromatic nitrogens is 3. The standard InChI is InChI=1S/C21H24N4O2/c1-12-17-14(9-7-11-16(17)26)22-18(12)19(27)24-20-23-13-8-5-6-10-15(13)25(20)21(2,3)4/h5-6,8,10,22H,7,9,11H2,1-4H3,(H,23,24,27). The number of Topliss-reactive ketones (excluding diaryl/α,β-unsaturated/α-hetero) is 1. The third kappa shape index (κ3) is 2.85. The lowest BCUT2D eigenvalue weighted by Gasteiger charge is -2.24. The Kier molecular flexibility index (Phi) is 3.94. The Hall–Kier alpha value is -2.89. The summed E-state index contributed by atoms with van der Waals surface area (Å²) >= 11 is 0.